The number of rotatable bonds is 11. The van der Waals surface area contributed by atoms with Gasteiger partial charge in [0.25, 0.3) is 0 Å². The number of nitrogens with two attached hydrogens (primary N) is 3. The highest BCUT2D eigenvalue weighted by atomic mass is 35.5. The van der Waals surface area contributed by atoms with Gasteiger partial charge in [0.1, 0.15) is 5.84 Å². The number of carbonyl (C=O) groups excluding carboxylic acids is 1. The Bertz CT molecular complexity index is 1120. The number of benzene rings is 2. The first-order valence-electron chi connectivity index (χ1n) is 10.9. The van der Waals surface area contributed by atoms with Crippen LogP contribution in [-0.2, 0) is 32.4 Å². The van der Waals surface area contributed by atoms with Crippen LogP contribution in [-0.4, -0.2) is 26.8 Å². The summed E-state index contributed by atoms with van der Waals surface area (Å²) in [5.74, 6) is -0.619. The molecule has 0 aromatic heterocycles. The third-order valence-electron chi connectivity index (χ3n) is 5.32. The molecule has 2 aromatic carbocycles. The van der Waals surface area contributed by atoms with E-state index in [4.69, 9.17) is 26.8 Å². The van der Waals surface area contributed by atoms with Crippen LogP contribution in [0, 0.1) is 5.41 Å². The molecule has 1 atom stereocenters. The molecule has 0 aliphatic heterocycles. The van der Waals surface area contributed by atoms with Crippen LogP contribution in [0.15, 0.2) is 35.2 Å². The molecule has 0 saturated heterocycles. The lowest BCUT2D eigenvalue weighted by Gasteiger charge is -2.24. The van der Waals surface area contributed by atoms with E-state index in [0.717, 1.165) is 6.42 Å². The quantitative estimate of drug-likeness (QED) is 0.133. The second kappa shape index (κ2) is 12.6. The Morgan fingerprint density at radius 2 is 1.79 bits per heavy atom. The number of nitrogens with one attached hydrogen (secondary N) is 2. The molecule has 11 heteroatoms. The maximum absolute atomic E-state index is 12.9. The van der Waals surface area contributed by atoms with Crippen molar-refractivity contribution in [3.63, 3.8) is 0 Å². The van der Waals surface area contributed by atoms with Crippen LogP contribution in [0.3, 0.4) is 0 Å². The number of anilines is 2. The summed E-state index contributed by atoms with van der Waals surface area (Å²) >= 11 is 0. The molecule has 0 radical (unpaired) electrons. The molecule has 0 aliphatic rings. The molecule has 0 heterocycles. The fourth-order valence-electron chi connectivity index (χ4n) is 3.68. The number of sulfonamides is 1. The van der Waals surface area contributed by atoms with Gasteiger partial charge in [0.2, 0.25) is 10.0 Å². The van der Waals surface area contributed by atoms with Crippen LogP contribution in [0.5, 0.6) is 0 Å². The second-order valence-corrected chi connectivity index (χ2v) is 9.17. The van der Waals surface area contributed by atoms with Crippen molar-refractivity contribution in [2.24, 2.45) is 10.9 Å². The van der Waals surface area contributed by atoms with E-state index in [0.29, 0.717) is 47.2 Å². The predicted octanol–water partition coefficient (Wildman–Crippen LogP) is 3.24. The van der Waals surface area contributed by atoms with Crippen molar-refractivity contribution in [1.29, 1.82) is 5.41 Å². The maximum Gasteiger partial charge on any atom is 0.333 e. The Labute approximate surface area is 207 Å². The molecule has 2 aromatic rings. The zero-order valence-electron chi connectivity index (χ0n) is 19.7. The first-order valence-corrected chi connectivity index (χ1v) is 12.4. The van der Waals surface area contributed by atoms with E-state index in [1.165, 1.54) is 0 Å². The topological polar surface area (TPSA) is 174 Å². The van der Waals surface area contributed by atoms with Gasteiger partial charge < -0.3 is 21.5 Å². The van der Waals surface area contributed by atoms with Crippen molar-refractivity contribution >= 4 is 45.6 Å². The fraction of sp³-hybridized carbons (Fsp3) is 0.391. The fourth-order valence-corrected chi connectivity index (χ4v) is 4.81. The van der Waals surface area contributed by atoms with Crippen LogP contribution in [0.4, 0.5) is 11.4 Å². The Morgan fingerprint density at radius 1 is 1.18 bits per heavy atom. The first kappa shape index (κ1) is 29.2. The number of esters is 1. The highest BCUT2D eigenvalue weighted by Crippen LogP contribution is 2.35. The molecule has 188 valence electrons. The highest BCUT2D eigenvalue weighted by Gasteiger charge is 2.30. The summed E-state index contributed by atoms with van der Waals surface area (Å²) in [5, 5.41) is 16.2. The van der Waals surface area contributed by atoms with E-state index < -0.39 is 22.0 Å². The smallest absolute Gasteiger partial charge is 0.333 e. The van der Waals surface area contributed by atoms with Gasteiger partial charge in [-0.1, -0.05) is 20.3 Å². The van der Waals surface area contributed by atoms with Gasteiger partial charge in [-0.25, -0.2) is 18.4 Å². The van der Waals surface area contributed by atoms with Crippen LogP contribution in [0.2, 0.25) is 0 Å². The monoisotopic (exact) mass is 511 g/mol. The first-order chi connectivity index (χ1) is 15.5. The summed E-state index contributed by atoms with van der Waals surface area (Å²) in [7, 11) is -4.02. The summed E-state index contributed by atoms with van der Waals surface area (Å²) in [4.78, 5) is 13.0. The number of unbranched alkanes of at least 4 members (excludes halogenated alkanes) is 1. The molecule has 2 rings (SSSR count). The van der Waals surface area contributed by atoms with Crippen molar-refractivity contribution < 1.29 is 17.9 Å². The maximum atomic E-state index is 12.9. The number of hydrogen-bond donors (Lipinski definition) is 5. The Hall–Kier alpha value is -2.82. The number of carbonyl (C=O) groups is 1. The van der Waals surface area contributed by atoms with Gasteiger partial charge in [0.05, 0.1) is 11.5 Å². The van der Waals surface area contributed by atoms with Gasteiger partial charge in [-0.05, 0) is 67.6 Å². The van der Waals surface area contributed by atoms with E-state index in [1.807, 2.05) is 13.8 Å². The van der Waals surface area contributed by atoms with Crippen molar-refractivity contribution in [3.8, 4) is 0 Å². The SMILES string of the molecule is CCCCc1c(N)c(C(Nc2ccc(C(=N)N)cc2)C(=O)OCC)cc(CC)c1S(N)(=O)=O.Cl. The lowest BCUT2D eigenvalue weighted by molar-refractivity contribution is -0.144. The minimum Gasteiger partial charge on any atom is -0.464 e. The van der Waals surface area contributed by atoms with Crippen LogP contribution < -0.4 is 21.9 Å². The normalized spacial score (nSPS) is 11.9. The van der Waals surface area contributed by atoms with Gasteiger partial charge >= 0.3 is 5.97 Å². The van der Waals surface area contributed by atoms with Crippen molar-refractivity contribution in [1.82, 2.24) is 0 Å². The molecule has 1 unspecified atom stereocenters. The summed E-state index contributed by atoms with van der Waals surface area (Å²) < 4.78 is 30.1. The largest absolute Gasteiger partial charge is 0.464 e. The third kappa shape index (κ3) is 6.85. The molecule has 8 N–H and O–H groups in total. The third-order valence-corrected chi connectivity index (χ3v) is 6.40. The lowest BCUT2D eigenvalue weighted by Crippen LogP contribution is -2.26. The minimum atomic E-state index is -4.02. The summed E-state index contributed by atoms with van der Waals surface area (Å²) in [6.07, 6.45) is 2.35. The van der Waals surface area contributed by atoms with Crippen LogP contribution in [0.25, 0.3) is 0 Å². The molecule has 0 saturated carbocycles. The van der Waals surface area contributed by atoms with Gasteiger partial charge in [0.15, 0.2) is 6.04 Å². The van der Waals surface area contributed by atoms with Crippen molar-refractivity contribution in [2.45, 2.75) is 57.4 Å². The number of primary sulfonamides is 1. The standard InChI is InChI=1S/C23H33N5O4S.ClH/c1-4-7-8-17-19(24)18(13-14(5-2)21(17)33(27,30)31)20(23(29)32-6-3)28-16-11-9-15(10-12-16)22(25)26;/h9-13,20,28H,4-8,24H2,1-3H3,(H3,25,26)(H2,27,30,31);1H. The lowest BCUT2D eigenvalue weighted by atomic mass is 9.93. The van der Waals surface area contributed by atoms with E-state index >= 15 is 0 Å². The zero-order chi connectivity index (χ0) is 24.8. The molecule has 0 bridgehead atoms. The molecule has 34 heavy (non-hydrogen) atoms. The van der Waals surface area contributed by atoms with E-state index in [2.05, 4.69) is 5.32 Å². The van der Waals surface area contributed by atoms with E-state index in [1.54, 1.807) is 37.3 Å². The number of aryl methyl sites for hydroxylation is 1. The van der Waals surface area contributed by atoms with Gasteiger partial charge in [0, 0.05) is 22.5 Å². The van der Waals surface area contributed by atoms with Gasteiger partial charge in [-0.15, -0.1) is 12.4 Å². The van der Waals surface area contributed by atoms with Crippen molar-refractivity contribution in [3.05, 3.63) is 52.6 Å². The van der Waals surface area contributed by atoms with Gasteiger partial charge in [-0.2, -0.15) is 0 Å². The summed E-state index contributed by atoms with van der Waals surface area (Å²) in [6, 6.07) is 7.33. The number of ether oxygens (including phenoxy) is 1. The van der Waals surface area contributed by atoms with Gasteiger partial charge in [-0.3, -0.25) is 5.41 Å². The molecule has 9 nitrogen and oxygen atoms in total. The minimum absolute atomic E-state index is 0. The number of hydrogen-bond acceptors (Lipinski definition) is 7. The number of amidine groups is 1. The molecule has 0 spiro atoms. The van der Waals surface area contributed by atoms with Crippen molar-refractivity contribution in [2.75, 3.05) is 17.7 Å². The van der Waals surface area contributed by atoms with E-state index in [-0.39, 0.29) is 35.4 Å². The highest BCUT2D eigenvalue weighted by molar-refractivity contribution is 7.89. The number of nitrogen functional groups attached to an aromatic ring is 2. The molecular formula is C23H34ClN5O4S. The Balaban J connectivity index is 0.00000578. The number of halogens is 1. The second-order valence-electron chi connectivity index (χ2n) is 7.67. The average molecular weight is 512 g/mol. The molecule has 0 aliphatic carbocycles. The summed E-state index contributed by atoms with van der Waals surface area (Å²) in [6.45, 7) is 5.68. The van der Waals surface area contributed by atoms with E-state index in [9.17, 15) is 13.2 Å². The Kier molecular flexibility index (Phi) is 10.8. The van der Waals surface area contributed by atoms with Crippen LogP contribution >= 0.6 is 12.4 Å². The molecule has 0 fully saturated rings. The molecular weight excluding hydrogens is 478 g/mol. The van der Waals surface area contributed by atoms with Crippen LogP contribution in [0.1, 0.15) is 61.9 Å². The average Bonchev–Trinajstić information content (AvgIpc) is 2.76. The zero-order valence-corrected chi connectivity index (χ0v) is 21.3. The molecule has 0 amide bonds. The Morgan fingerprint density at radius 3 is 2.26 bits per heavy atom. The summed E-state index contributed by atoms with van der Waals surface area (Å²) in [5.41, 5.74) is 14.7. The predicted molar refractivity (Wildman–Crippen MR) is 138 cm³/mol.